The van der Waals surface area contributed by atoms with Crippen LogP contribution in [0.5, 0.6) is 5.75 Å². The molecule has 0 saturated carbocycles. The molecule has 1 aliphatic heterocycles. The van der Waals surface area contributed by atoms with Crippen molar-refractivity contribution < 1.29 is 9.53 Å². The van der Waals surface area contributed by atoms with Crippen LogP contribution in [0.3, 0.4) is 0 Å². The first-order chi connectivity index (χ1) is 9.55. The summed E-state index contributed by atoms with van der Waals surface area (Å²) in [5.41, 5.74) is 0.417. The van der Waals surface area contributed by atoms with E-state index >= 15 is 0 Å². The predicted molar refractivity (Wildman–Crippen MR) is 88.3 cm³/mol. The van der Waals surface area contributed by atoms with E-state index in [9.17, 15) is 4.79 Å². The fourth-order valence-corrected chi connectivity index (χ4v) is 2.60. The molecule has 0 spiro atoms. The average Bonchev–Trinajstić information content (AvgIpc) is 2.90. The van der Waals surface area contributed by atoms with Crippen LogP contribution in [0, 0.1) is 0 Å². The van der Waals surface area contributed by atoms with Crippen molar-refractivity contribution in [2.45, 2.75) is 51.7 Å². The van der Waals surface area contributed by atoms with Gasteiger partial charge in [-0.1, -0.05) is 6.92 Å². The number of carbonyl (C=O) groups is 1. The lowest BCUT2D eigenvalue weighted by atomic mass is 9.93. The minimum atomic E-state index is -0.396. The van der Waals surface area contributed by atoms with Crippen LogP contribution >= 0.6 is 12.4 Å². The molecular formula is C16H25ClN2O2. The molecule has 0 radical (unpaired) electrons. The zero-order valence-electron chi connectivity index (χ0n) is 12.9. The summed E-state index contributed by atoms with van der Waals surface area (Å²) >= 11 is 0. The highest BCUT2D eigenvalue weighted by Gasteiger charge is 2.38. The highest BCUT2D eigenvalue weighted by molar-refractivity contribution is 5.98. The molecule has 21 heavy (non-hydrogen) atoms. The maximum absolute atomic E-state index is 12.4. The van der Waals surface area contributed by atoms with Crippen LogP contribution in [0.4, 0.5) is 5.69 Å². The smallest absolute Gasteiger partial charge is 0.244 e. The van der Waals surface area contributed by atoms with Crippen molar-refractivity contribution in [3.8, 4) is 5.75 Å². The van der Waals surface area contributed by atoms with E-state index in [2.05, 4.69) is 17.6 Å². The zero-order valence-corrected chi connectivity index (χ0v) is 13.8. The van der Waals surface area contributed by atoms with E-state index in [1.54, 1.807) is 0 Å². The second-order valence-corrected chi connectivity index (χ2v) is 5.61. The molecule has 0 bridgehead atoms. The Morgan fingerprint density at radius 1 is 1.38 bits per heavy atom. The van der Waals surface area contributed by atoms with Crippen LogP contribution in [-0.2, 0) is 4.79 Å². The first-order valence-electron chi connectivity index (χ1n) is 7.39. The second kappa shape index (κ2) is 7.66. The van der Waals surface area contributed by atoms with Gasteiger partial charge in [-0.2, -0.15) is 0 Å². The number of rotatable bonds is 5. The second-order valence-electron chi connectivity index (χ2n) is 5.61. The molecule has 1 aromatic carbocycles. The van der Waals surface area contributed by atoms with E-state index in [4.69, 9.17) is 4.74 Å². The molecule has 1 amide bonds. The molecule has 0 aliphatic carbocycles. The normalized spacial score (nSPS) is 21.0. The Labute approximate surface area is 133 Å². The molecule has 1 aliphatic rings. The van der Waals surface area contributed by atoms with Crippen LogP contribution < -0.4 is 15.4 Å². The van der Waals surface area contributed by atoms with Crippen LogP contribution in [0.2, 0.25) is 0 Å². The van der Waals surface area contributed by atoms with Crippen molar-refractivity contribution in [3.05, 3.63) is 24.3 Å². The van der Waals surface area contributed by atoms with E-state index in [-0.39, 0.29) is 24.4 Å². The molecule has 2 N–H and O–H groups in total. The van der Waals surface area contributed by atoms with E-state index < -0.39 is 5.54 Å². The maximum Gasteiger partial charge on any atom is 0.244 e. The van der Waals surface area contributed by atoms with E-state index in [1.807, 2.05) is 38.1 Å². The molecule has 1 aromatic rings. The van der Waals surface area contributed by atoms with Gasteiger partial charge in [0, 0.05) is 5.69 Å². The Balaban J connectivity index is 0.00000220. The number of benzene rings is 1. The van der Waals surface area contributed by atoms with Crippen LogP contribution in [0.15, 0.2) is 24.3 Å². The maximum atomic E-state index is 12.4. The molecule has 2 rings (SSSR count). The third kappa shape index (κ3) is 4.35. The molecule has 1 atom stereocenters. The average molecular weight is 313 g/mol. The molecule has 0 aromatic heterocycles. The lowest BCUT2D eigenvalue weighted by molar-refractivity contribution is -0.122. The van der Waals surface area contributed by atoms with Crippen molar-refractivity contribution in [1.82, 2.24) is 5.32 Å². The Kier molecular flexibility index (Phi) is 6.49. The molecular weight excluding hydrogens is 288 g/mol. The Morgan fingerprint density at radius 3 is 2.52 bits per heavy atom. The molecule has 1 fully saturated rings. The summed E-state index contributed by atoms with van der Waals surface area (Å²) in [5, 5.41) is 6.34. The highest BCUT2D eigenvalue weighted by Crippen LogP contribution is 2.25. The minimum Gasteiger partial charge on any atom is -0.491 e. The van der Waals surface area contributed by atoms with Gasteiger partial charge in [0.15, 0.2) is 0 Å². The number of hydrogen-bond acceptors (Lipinski definition) is 3. The van der Waals surface area contributed by atoms with Gasteiger partial charge in [0.25, 0.3) is 0 Å². The first kappa shape index (κ1) is 17.8. The third-order valence-electron chi connectivity index (χ3n) is 3.77. The summed E-state index contributed by atoms with van der Waals surface area (Å²) in [5.74, 6) is 0.886. The Bertz CT molecular complexity index is 454. The standard InChI is InChI=1S/C16H24N2O2.ClH/c1-4-16(10-5-11-17-16)15(19)18-13-6-8-14(9-7-13)20-12(2)3;/h6-9,12,17H,4-5,10-11H2,1-3H3,(H,18,19);1H. The van der Waals surface area contributed by atoms with Gasteiger partial charge in [-0.25, -0.2) is 0 Å². The molecule has 4 nitrogen and oxygen atoms in total. The summed E-state index contributed by atoms with van der Waals surface area (Å²) in [7, 11) is 0. The SMILES string of the molecule is CCC1(C(=O)Nc2ccc(OC(C)C)cc2)CCCN1.Cl. The third-order valence-corrected chi connectivity index (χ3v) is 3.77. The molecule has 5 heteroatoms. The molecule has 1 saturated heterocycles. The van der Waals surface area contributed by atoms with Gasteiger partial charge in [0.2, 0.25) is 5.91 Å². The summed E-state index contributed by atoms with van der Waals surface area (Å²) in [4.78, 5) is 12.4. The summed E-state index contributed by atoms with van der Waals surface area (Å²) in [6.07, 6.45) is 2.93. The van der Waals surface area contributed by atoms with Gasteiger partial charge < -0.3 is 15.4 Å². The van der Waals surface area contributed by atoms with E-state index in [0.717, 1.165) is 37.2 Å². The van der Waals surface area contributed by atoms with Crippen molar-refractivity contribution in [2.24, 2.45) is 0 Å². The lowest BCUT2D eigenvalue weighted by Gasteiger charge is -2.26. The monoisotopic (exact) mass is 312 g/mol. The van der Waals surface area contributed by atoms with Gasteiger partial charge in [-0.3, -0.25) is 4.79 Å². The summed E-state index contributed by atoms with van der Waals surface area (Å²) in [6, 6.07) is 7.54. The van der Waals surface area contributed by atoms with Crippen LogP contribution in [0.1, 0.15) is 40.0 Å². The zero-order chi connectivity index (χ0) is 14.6. The van der Waals surface area contributed by atoms with Crippen molar-refractivity contribution in [3.63, 3.8) is 0 Å². The minimum absolute atomic E-state index is 0. The Morgan fingerprint density at radius 2 is 2.05 bits per heavy atom. The van der Waals surface area contributed by atoms with E-state index in [1.165, 1.54) is 0 Å². The van der Waals surface area contributed by atoms with Crippen LogP contribution in [0.25, 0.3) is 0 Å². The molecule has 1 unspecified atom stereocenters. The predicted octanol–water partition coefficient (Wildman–Crippen LogP) is 3.37. The fraction of sp³-hybridized carbons (Fsp3) is 0.562. The van der Waals surface area contributed by atoms with Crippen molar-refractivity contribution in [2.75, 3.05) is 11.9 Å². The lowest BCUT2D eigenvalue weighted by Crippen LogP contribution is -2.50. The van der Waals surface area contributed by atoms with Gasteiger partial charge in [0.05, 0.1) is 11.6 Å². The quantitative estimate of drug-likeness (QED) is 0.876. The Hall–Kier alpha value is -1.26. The van der Waals surface area contributed by atoms with Gasteiger partial charge in [0.1, 0.15) is 5.75 Å². The molecule has 118 valence electrons. The number of hydrogen-bond donors (Lipinski definition) is 2. The van der Waals surface area contributed by atoms with Gasteiger partial charge in [-0.05, 0) is 63.9 Å². The fourth-order valence-electron chi connectivity index (χ4n) is 2.60. The first-order valence-corrected chi connectivity index (χ1v) is 7.39. The number of carbonyl (C=O) groups excluding carboxylic acids is 1. The highest BCUT2D eigenvalue weighted by atomic mass is 35.5. The van der Waals surface area contributed by atoms with E-state index in [0.29, 0.717) is 0 Å². The van der Waals surface area contributed by atoms with Crippen molar-refractivity contribution in [1.29, 1.82) is 0 Å². The number of halogens is 1. The summed E-state index contributed by atoms with van der Waals surface area (Å²) in [6.45, 7) is 6.96. The van der Waals surface area contributed by atoms with Crippen molar-refractivity contribution >= 4 is 24.0 Å². The largest absolute Gasteiger partial charge is 0.491 e. The van der Waals surface area contributed by atoms with Gasteiger partial charge >= 0.3 is 0 Å². The topological polar surface area (TPSA) is 50.4 Å². The summed E-state index contributed by atoms with van der Waals surface area (Å²) < 4.78 is 5.59. The molecule has 1 heterocycles. The number of ether oxygens (including phenoxy) is 1. The van der Waals surface area contributed by atoms with Gasteiger partial charge in [-0.15, -0.1) is 12.4 Å². The van der Waals surface area contributed by atoms with Crippen LogP contribution in [-0.4, -0.2) is 24.1 Å². The number of amides is 1. The number of nitrogens with one attached hydrogen (secondary N) is 2. The number of anilines is 1.